The molecule has 0 spiro atoms. The van der Waals surface area contributed by atoms with Crippen LogP contribution in [0.15, 0.2) is 18.2 Å². The van der Waals surface area contributed by atoms with Gasteiger partial charge in [-0.15, -0.1) is 0 Å². The Labute approximate surface area is 121 Å². The lowest BCUT2D eigenvalue weighted by Gasteiger charge is -2.19. The molecule has 8 heteroatoms. The highest BCUT2D eigenvalue weighted by molar-refractivity contribution is 7.90. The van der Waals surface area contributed by atoms with Crippen molar-refractivity contribution in [1.82, 2.24) is 4.31 Å². The first-order chi connectivity index (χ1) is 8.66. The number of halogens is 2. The van der Waals surface area contributed by atoms with Gasteiger partial charge in [0.15, 0.2) is 5.25 Å². The van der Waals surface area contributed by atoms with Crippen LogP contribution in [-0.2, 0) is 21.4 Å². The third-order valence-electron chi connectivity index (χ3n) is 2.62. The largest absolute Gasteiger partial charge is 0.480 e. The van der Waals surface area contributed by atoms with Crippen LogP contribution < -0.4 is 0 Å². The number of sulfonamides is 1. The van der Waals surface area contributed by atoms with E-state index in [0.29, 0.717) is 15.6 Å². The highest BCUT2D eigenvalue weighted by Gasteiger charge is 2.31. The van der Waals surface area contributed by atoms with Crippen LogP contribution in [0.3, 0.4) is 0 Å². The Kier molecular flexibility index (Phi) is 5.20. The summed E-state index contributed by atoms with van der Waals surface area (Å²) in [5, 5.41) is 7.96. The summed E-state index contributed by atoms with van der Waals surface area (Å²) in [4.78, 5) is 10.8. The lowest BCUT2D eigenvalue weighted by molar-refractivity contribution is -0.136. The lowest BCUT2D eigenvalue weighted by Crippen LogP contribution is -2.38. The minimum atomic E-state index is -3.90. The van der Waals surface area contributed by atoms with Crippen molar-refractivity contribution in [2.75, 3.05) is 7.05 Å². The van der Waals surface area contributed by atoms with Crippen LogP contribution in [0.4, 0.5) is 0 Å². The third-order valence-corrected chi connectivity index (χ3v) is 5.45. The molecule has 0 bridgehead atoms. The van der Waals surface area contributed by atoms with Gasteiger partial charge >= 0.3 is 5.97 Å². The average Bonchev–Trinajstić information content (AvgIpc) is 2.32. The van der Waals surface area contributed by atoms with Gasteiger partial charge in [0.05, 0.1) is 10.0 Å². The van der Waals surface area contributed by atoms with Crippen molar-refractivity contribution in [3.8, 4) is 0 Å². The fourth-order valence-electron chi connectivity index (χ4n) is 1.38. The second-order valence-electron chi connectivity index (χ2n) is 4.03. The number of rotatable bonds is 5. The molecular formula is C11H13Cl2NO4S. The molecule has 0 aliphatic heterocycles. The molecule has 0 aliphatic carbocycles. The monoisotopic (exact) mass is 325 g/mol. The maximum atomic E-state index is 11.9. The maximum Gasteiger partial charge on any atom is 0.323 e. The van der Waals surface area contributed by atoms with Crippen molar-refractivity contribution in [2.45, 2.75) is 18.7 Å². The standard InChI is InChI=1S/C11H13Cl2NO4S/c1-7(11(15)16)19(17,18)14(2)6-8-3-4-9(12)10(13)5-8/h3-5,7H,6H2,1-2H3,(H,15,16). The Morgan fingerprint density at radius 2 is 1.95 bits per heavy atom. The molecule has 1 aromatic carbocycles. The van der Waals surface area contributed by atoms with Crippen LogP contribution in [-0.4, -0.2) is 36.1 Å². The number of carboxylic acids is 1. The van der Waals surface area contributed by atoms with Crippen LogP contribution in [0.25, 0.3) is 0 Å². The smallest absolute Gasteiger partial charge is 0.323 e. The number of nitrogens with zero attached hydrogens (tertiary/aromatic N) is 1. The zero-order chi connectivity index (χ0) is 14.8. The van der Waals surface area contributed by atoms with Gasteiger partial charge in [0, 0.05) is 13.6 Å². The van der Waals surface area contributed by atoms with Crippen LogP contribution in [0.5, 0.6) is 0 Å². The summed E-state index contributed by atoms with van der Waals surface area (Å²) in [5.74, 6) is -1.39. The number of hydrogen-bond donors (Lipinski definition) is 1. The zero-order valence-corrected chi connectivity index (χ0v) is 12.6. The van der Waals surface area contributed by atoms with E-state index >= 15 is 0 Å². The molecule has 106 valence electrons. The quantitative estimate of drug-likeness (QED) is 0.900. The molecule has 0 heterocycles. The molecule has 0 radical (unpaired) electrons. The Bertz CT molecular complexity index is 588. The number of aliphatic carboxylic acids is 1. The summed E-state index contributed by atoms with van der Waals surface area (Å²) < 4.78 is 24.8. The van der Waals surface area contributed by atoms with E-state index in [0.717, 1.165) is 11.2 Å². The van der Waals surface area contributed by atoms with Crippen LogP contribution in [0.2, 0.25) is 10.0 Å². The molecule has 1 aromatic rings. The fraction of sp³-hybridized carbons (Fsp3) is 0.364. The van der Waals surface area contributed by atoms with E-state index in [1.54, 1.807) is 18.2 Å². The van der Waals surface area contributed by atoms with Gasteiger partial charge < -0.3 is 5.11 Å². The fourth-order valence-corrected chi connectivity index (χ4v) is 2.83. The molecule has 5 nitrogen and oxygen atoms in total. The summed E-state index contributed by atoms with van der Waals surface area (Å²) >= 11 is 11.6. The van der Waals surface area contributed by atoms with Crippen molar-refractivity contribution in [3.63, 3.8) is 0 Å². The Morgan fingerprint density at radius 1 is 1.37 bits per heavy atom. The first kappa shape index (κ1) is 16.2. The topological polar surface area (TPSA) is 74.7 Å². The van der Waals surface area contributed by atoms with Crippen LogP contribution in [0, 0.1) is 0 Å². The summed E-state index contributed by atoms with van der Waals surface area (Å²) in [6, 6.07) is 4.73. The summed E-state index contributed by atoms with van der Waals surface area (Å²) in [6.07, 6.45) is 0. The number of carbonyl (C=O) groups is 1. The molecule has 0 saturated heterocycles. The first-order valence-electron chi connectivity index (χ1n) is 5.28. The molecule has 0 fully saturated rings. The minimum absolute atomic E-state index is 0.0246. The van der Waals surface area contributed by atoms with Crippen LogP contribution in [0.1, 0.15) is 12.5 Å². The Morgan fingerprint density at radius 3 is 2.42 bits per heavy atom. The normalized spacial score (nSPS) is 13.5. The second kappa shape index (κ2) is 6.09. The van der Waals surface area contributed by atoms with Gasteiger partial charge in [0.1, 0.15) is 0 Å². The van der Waals surface area contributed by atoms with E-state index in [4.69, 9.17) is 28.3 Å². The van der Waals surface area contributed by atoms with Gasteiger partial charge in [-0.1, -0.05) is 29.3 Å². The Balaban J connectivity index is 2.93. The molecule has 1 rings (SSSR count). The predicted molar refractivity (Wildman–Crippen MR) is 73.9 cm³/mol. The van der Waals surface area contributed by atoms with E-state index in [1.807, 2.05) is 0 Å². The van der Waals surface area contributed by atoms with Gasteiger partial charge in [-0.3, -0.25) is 4.79 Å². The van der Waals surface area contributed by atoms with E-state index in [2.05, 4.69) is 0 Å². The molecule has 0 aliphatic rings. The molecular weight excluding hydrogens is 313 g/mol. The molecule has 0 saturated carbocycles. The van der Waals surface area contributed by atoms with Gasteiger partial charge in [-0.2, -0.15) is 4.31 Å². The SMILES string of the molecule is CC(C(=O)O)S(=O)(=O)N(C)Cc1ccc(Cl)c(Cl)c1. The molecule has 0 amide bonds. The van der Waals surface area contributed by atoms with Gasteiger partial charge in [-0.05, 0) is 24.6 Å². The van der Waals surface area contributed by atoms with Crippen molar-refractivity contribution in [2.24, 2.45) is 0 Å². The van der Waals surface area contributed by atoms with Gasteiger partial charge in [0.2, 0.25) is 10.0 Å². The first-order valence-corrected chi connectivity index (χ1v) is 7.54. The van der Waals surface area contributed by atoms with Gasteiger partial charge in [0.25, 0.3) is 0 Å². The zero-order valence-electron chi connectivity index (χ0n) is 10.3. The molecule has 1 N–H and O–H groups in total. The minimum Gasteiger partial charge on any atom is -0.480 e. The molecule has 0 aromatic heterocycles. The number of benzene rings is 1. The van der Waals surface area contributed by atoms with Gasteiger partial charge in [-0.25, -0.2) is 8.42 Å². The Hall–Kier alpha value is -0.820. The van der Waals surface area contributed by atoms with Crippen molar-refractivity contribution in [3.05, 3.63) is 33.8 Å². The highest BCUT2D eigenvalue weighted by Crippen LogP contribution is 2.23. The third kappa shape index (κ3) is 3.82. The predicted octanol–water partition coefficient (Wildman–Crippen LogP) is 2.23. The number of carboxylic acid groups (broad SMARTS) is 1. The summed E-state index contributed by atoms with van der Waals surface area (Å²) in [7, 11) is -2.58. The molecule has 19 heavy (non-hydrogen) atoms. The van der Waals surface area contributed by atoms with Crippen molar-refractivity contribution < 1.29 is 18.3 Å². The van der Waals surface area contributed by atoms with E-state index in [1.165, 1.54) is 7.05 Å². The highest BCUT2D eigenvalue weighted by atomic mass is 35.5. The van der Waals surface area contributed by atoms with Crippen molar-refractivity contribution in [1.29, 1.82) is 0 Å². The van der Waals surface area contributed by atoms with E-state index in [9.17, 15) is 13.2 Å². The maximum absolute atomic E-state index is 11.9. The summed E-state index contributed by atoms with van der Waals surface area (Å²) in [5.41, 5.74) is 0.623. The average molecular weight is 326 g/mol. The summed E-state index contributed by atoms with van der Waals surface area (Å²) in [6.45, 7) is 1.15. The van der Waals surface area contributed by atoms with Crippen LogP contribution >= 0.6 is 23.2 Å². The number of hydrogen-bond acceptors (Lipinski definition) is 3. The second-order valence-corrected chi connectivity index (χ2v) is 7.20. The molecule has 1 atom stereocenters. The molecule has 1 unspecified atom stereocenters. The lowest BCUT2D eigenvalue weighted by atomic mass is 10.2. The van der Waals surface area contributed by atoms with E-state index < -0.39 is 21.2 Å². The van der Waals surface area contributed by atoms with E-state index in [-0.39, 0.29) is 6.54 Å². The van der Waals surface area contributed by atoms with Crippen molar-refractivity contribution >= 4 is 39.2 Å².